The maximum atomic E-state index is 11.8. The number of nitrogens with one attached hydrogen (secondary N) is 2. The van der Waals surface area contributed by atoms with Gasteiger partial charge in [0.25, 0.3) is 5.91 Å². The second-order valence-electron chi connectivity index (χ2n) is 4.01. The summed E-state index contributed by atoms with van der Waals surface area (Å²) in [5, 5.41) is 2.63. The quantitative estimate of drug-likeness (QED) is 0.879. The monoisotopic (exact) mass is 358 g/mol. The van der Waals surface area contributed by atoms with E-state index in [2.05, 4.69) is 26.0 Å². The van der Waals surface area contributed by atoms with Crippen molar-refractivity contribution in [3.8, 4) is 0 Å². The summed E-state index contributed by atoms with van der Waals surface area (Å²) in [6, 6.07) is 9.43. The van der Waals surface area contributed by atoms with Crippen molar-refractivity contribution < 1.29 is 17.6 Å². The minimum Gasteiger partial charge on any atom is -0.444 e. The van der Waals surface area contributed by atoms with Gasteiger partial charge in [-0.15, -0.1) is 0 Å². The minimum absolute atomic E-state index is 0.176. The molecule has 0 bridgehead atoms. The van der Waals surface area contributed by atoms with Crippen LogP contribution >= 0.6 is 15.9 Å². The number of halogens is 1. The van der Waals surface area contributed by atoms with Gasteiger partial charge in [-0.05, 0) is 52.3 Å². The van der Waals surface area contributed by atoms with Gasteiger partial charge in [-0.1, -0.05) is 0 Å². The highest BCUT2D eigenvalue weighted by Gasteiger charge is 2.10. The minimum atomic E-state index is -3.31. The largest absolute Gasteiger partial charge is 0.444 e. The fourth-order valence-corrected chi connectivity index (χ4v) is 2.34. The molecule has 0 radical (unpaired) electrons. The Balaban J connectivity index is 2.06. The molecule has 6 nitrogen and oxygen atoms in total. The van der Waals surface area contributed by atoms with E-state index in [0.29, 0.717) is 16.0 Å². The number of carbonyl (C=O) groups is 1. The molecule has 0 unspecified atom stereocenters. The van der Waals surface area contributed by atoms with Crippen LogP contribution in [0.25, 0.3) is 0 Å². The molecule has 0 saturated heterocycles. The van der Waals surface area contributed by atoms with Crippen molar-refractivity contribution in [1.82, 2.24) is 0 Å². The zero-order chi connectivity index (χ0) is 14.8. The van der Waals surface area contributed by atoms with Gasteiger partial charge in [-0.2, -0.15) is 0 Å². The molecule has 1 aromatic carbocycles. The summed E-state index contributed by atoms with van der Waals surface area (Å²) in [5.74, 6) is -0.213. The maximum absolute atomic E-state index is 11.8. The summed E-state index contributed by atoms with van der Waals surface area (Å²) in [5.41, 5.74) is 0.952. The molecule has 0 aliphatic rings. The Morgan fingerprint density at radius 3 is 2.20 bits per heavy atom. The van der Waals surface area contributed by atoms with Crippen molar-refractivity contribution in [1.29, 1.82) is 0 Å². The number of rotatable bonds is 4. The van der Waals surface area contributed by atoms with Crippen LogP contribution in [0.2, 0.25) is 0 Å². The average Bonchev–Trinajstić information content (AvgIpc) is 2.77. The summed E-state index contributed by atoms with van der Waals surface area (Å²) in [6.07, 6.45) is 1.07. The van der Waals surface area contributed by atoms with Gasteiger partial charge in [0.2, 0.25) is 10.0 Å². The van der Waals surface area contributed by atoms with Crippen LogP contribution in [-0.2, 0) is 10.0 Å². The third kappa shape index (κ3) is 4.10. The Hall–Kier alpha value is -1.80. The molecule has 2 rings (SSSR count). The molecule has 0 aliphatic carbocycles. The van der Waals surface area contributed by atoms with Gasteiger partial charge in [-0.25, -0.2) is 8.42 Å². The molecule has 0 aliphatic heterocycles. The van der Waals surface area contributed by atoms with Crippen molar-refractivity contribution in [2.24, 2.45) is 0 Å². The van der Waals surface area contributed by atoms with Gasteiger partial charge in [0.05, 0.1) is 6.26 Å². The standard InChI is InChI=1S/C12H11BrN2O4S/c1-20(17,18)15-9-4-2-8(3-5-9)14-12(16)10-6-7-11(13)19-10/h2-7,15H,1H3,(H,14,16). The van der Waals surface area contributed by atoms with Crippen LogP contribution in [0.1, 0.15) is 10.6 Å². The van der Waals surface area contributed by atoms with E-state index >= 15 is 0 Å². The molecule has 106 valence electrons. The molecule has 8 heteroatoms. The van der Waals surface area contributed by atoms with E-state index in [4.69, 9.17) is 4.42 Å². The van der Waals surface area contributed by atoms with Gasteiger partial charge in [0.1, 0.15) is 0 Å². The first-order valence-corrected chi connectivity index (χ1v) is 8.16. The third-order valence-electron chi connectivity index (χ3n) is 2.24. The Labute approximate surface area is 124 Å². The third-order valence-corrected chi connectivity index (χ3v) is 3.28. The van der Waals surface area contributed by atoms with Crippen molar-refractivity contribution in [2.45, 2.75) is 0 Å². The second-order valence-corrected chi connectivity index (χ2v) is 6.54. The fraction of sp³-hybridized carbons (Fsp3) is 0.0833. The molecule has 20 heavy (non-hydrogen) atoms. The molecule has 2 N–H and O–H groups in total. The summed E-state index contributed by atoms with van der Waals surface area (Å²) >= 11 is 3.11. The van der Waals surface area contributed by atoms with E-state index in [-0.39, 0.29) is 11.7 Å². The number of hydrogen-bond acceptors (Lipinski definition) is 4. The molecule has 0 spiro atoms. The van der Waals surface area contributed by atoms with E-state index in [9.17, 15) is 13.2 Å². The summed E-state index contributed by atoms with van der Waals surface area (Å²) in [6.45, 7) is 0. The normalized spacial score (nSPS) is 11.1. The molecule has 0 atom stereocenters. The Bertz CT molecular complexity index is 722. The zero-order valence-corrected chi connectivity index (χ0v) is 12.8. The molecule has 1 amide bonds. The van der Waals surface area contributed by atoms with E-state index in [1.54, 1.807) is 36.4 Å². The highest BCUT2D eigenvalue weighted by molar-refractivity contribution is 9.10. The van der Waals surface area contributed by atoms with Crippen LogP contribution in [0.15, 0.2) is 45.5 Å². The molecular formula is C12H11BrN2O4S. The SMILES string of the molecule is CS(=O)(=O)Nc1ccc(NC(=O)c2ccc(Br)o2)cc1. The van der Waals surface area contributed by atoms with Crippen molar-refractivity contribution in [3.05, 3.63) is 46.8 Å². The number of amides is 1. The second kappa shape index (κ2) is 5.68. The van der Waals surface area contributed by atoms with Gasteiger partial charge in [0, 0.05) is 11.4 Å². The lowest BCUT2D eigenvalue weighted by Gasteiger charge is -2.06. The van der Waals surface area contributed by atoms with Crippen molar-refractivity contribution >= 4 is 43.2 Å². The van der Waals surface area contributed by atoms with Gasteiger partial charge in [-0.3, -0.25) is 9.52 Å². The molecular weight excluding hydrogens is 348 g/mol. The van der Waals surface area contributed by atoms with E-state index in [1.807, 2.05) is 0 Å². The zero-order valence-electron chi connectivity index (χ0n) is 10.4. The number of sulfonamides is 1. The molecule has 0 saturated carbocycles. The Morgan fingerprint density at radius 1 is 1.10 bits per heavy atom. The Morgan fingerprint density at radius 2 is 1.70 bits per heavy atom. The van der Waals surface area contributed by atoms with Gasteiger partial charge < -0.3 is 9.73 Å². The van der Waals surface area contributed by atoms with Crippen LogP contribution < -0.4 is 10.0 Å². The fourth-order valence-electron chi connectivity index (χ4n) is 1.46. The van der Waals surface area contributed by atoms with Gasteiger partial charge in [0.15, 0.2) is 10.4 Å². The van der Waals surface area contributed by atoms with Gasteiger partial charge >= 0.3 is 0 Å². The first-order valence-electron chi connectivity index (χ1n) is 5.48. The highest BCUT2D eigenvalue weighted by Crippen LogP contribution is 2.18. The molecule has 1 aromatic heterocycles. The van der Waals surface area contributed by atoms with E-state index in [1.165, 1.54) is 0 Å². The maximum Gasteiger partial charge on any atom is 0.291 e. The number of furan rings is 1. The van der Waals surface area contributed by atoms with Crippen LogP contribution in [0.5, 0.6) is 0 Å². The van der Waals surface area contributed by atoms with E-state index < -0.39 is 10.0 Å². The van der Waals surface area contributed by atoms with Crippen LogP contribution in [0.4, 0.5) is 11.4 Å². The number of hydrogen-bond donors (Lipinski definition) is 2. The summed E-state index contributed by atoms with van der Waals surface area (Å²) in [7, 11) is -3.31. The average molecular weight is 359 g/mol. The lowest BCUT2D eigenvalue weighted by atomic mass is 10.3. The first-order chi connectivity index (χ1) is 9.33. The molecule has 2 aromatic rings. The van der Waals surface area contributed by atoms with Crippen molar-refractivity contribution in [2.75, 3.05) is 16.3 Å². The summed E-state index contributed by atoms with van der Waals surface area (Å²) in [4.78, 5) is 11.8. The number of benzene rings is 1. The number of carbonyl (C=O) groups excluding carboxylic acids is 1. The van der Waals surface area contributed by atoms with Crippen LogP contribution in [0.3, 0.4) is 0 Å². The first kappa shape index (κ1) is 14.6. The summed E-state index contributed by atoms with van der Waals surface area (Å²) < 4.78 is 30.0. The van der Waals surface area contributed by atoms with Crippen LogP contribution in [-0.4, -0.2) is 20.6 Å². The van der Waals surface area contributed by atoms with E-state index in [0.717, 1.165) is 6.26 Å². The predicted molar refractivity (Wildman–Crippen MR) is 79.3 cm³/mol. The molecule has 1 heterocycles. The van der Waals surface area contributed by atoms with Crippen molar-refractivity contribution in [3.63, 3.8) is 0 Å². The predicted octanol–water partition coefficient (Wildman–Crippen LogP) is 2.67. The lowest BCUT2D eigenvalue weighted by Crippen LogP contribution is -2.11. The lowest BCUT2D eigenvalue weighted by molar-refractivity contribution is 0.0995. The highest BCUT2D eigenvalue weighted by atomic mass is 79.9. The number of anilines is 2. The topological polar surface area (TPSA) is 88.4 Å². The molecule has 0 fully saturated rings. The Kier molecular flexibility index (Phi) is 4.15. The van der Waals surface area contributed by atoms with Crippen LogP contribution in [0, 0.1) is 0 Å². The smallest absolute Gasteiger partial charge is 0.291 e.